The smallest absolute Gasteiger partial charge is 0.310 e. The first kappa shape index (κ1) is 16.6. The van der Waals surface area contributed by atoms with E-state index in [-0.39, 0.29) is 11.9 Å². The van der Waals surface area contributed by atoms with Gasteiger partial charge in [-0.2, -0.15) is 0 Å². The van der Waals surface area contributed by atoms with Gasteiger partial charge in [0.2, 0.25) is 0 Å². The molecule has 1 saturated heterocycles. The third-order valence-corrected chi connectivity index (χ3v) is 7.86. The highest BCUT2D eigenvalue weighted by Gasteiger charge is 2.63. The molecule has 2 nitrogen and oxygen atoms in total. The summed E-state index contributed by atoms with van der Waals surface area (Å²) in [5.74, 6) is 1.55. The van der Waals surface area contributed by atoms with E-state index in [9.17, 15) is 4.79 Å². The molecule has 26 heavy (non-hydrogen) atoms. The van der Waals surface area contributed by atoms with Gasteiger partial charge in [-0.1, -0.05) is 61.2 Å². The summed E-state index contributed by atoms with van der Waals surface area (Å²) in [6.07, 6.45) is 11.0. The third-order valence-electron chi connectivity index (χ3n) is 7.86. The van der Waals surface area contributed by atoms with E-state index in [0.29, 0.717) is 17.8 Å². The first-order valence-corrected chi connectivity index (χ1v) is 10.8. The third kappa shape index (κ3) is 2.20. The summed E-state index contributed by atoms with van der Waals surface area (Å²) in [6, 6.07) is 10.6. The van der Waals surface area contributed by atoms with Gasteiger partial charge >= 0.3 is 5.97 Å². The largest absolute Gasteiger partial charge is 0.454 e. The average molecular weight is 351 g/mol. The number of allylic oxidation sites excluding steroid dienone is 2. The zero-order valence-electron chi connectivity index (χ0n) is 15.9. The Hall–Kier alpha value is -1.57. The van der Waals surface area contributed by atoms with Gasteiger partial charge < -0.3 is 4.74 Å². The van der Waals surface area contributed by atoms with Crippen molar-refractivity contribution in [3.63, 3.8) is 0 Å². The van der Waals surface area contributed by atoms with E-state index in [1.165, 1.54) is 56.9 Å². The first-order valence-electron chi connectivity index (χ1n) is 10.8. The number of hydrogen-bond acceptors (Lipinski definition) is 2. The number of hydrogen-bond donors (Lipinski definition) is 0. The molecule has 3 fully saturated rings. The summed E-state index contributed by atoms with van der Waals surface area (Å²) in [7, 11) is 0. The number of carbonyl (C=O) groups is 1. The lowest BCUT2D eigenvalue weighted by Crippen LogP contribution is -2.46. The number of fused-ring (bicyclic) bond motifs is 5. The molecule has 2 saturated carbocycles. The number of rotatable bonds is 2. The van der Waals surface area contributed by atoms with Gasteiger partial charge in [0.1, 0.15) is 5.60 Å². The maximum atomic E-state index is 13.2. The predicted molar refractivity (Wildman–Crippen MR) is 102 cm³/mol. The molecular formula is C24H30O2. The molecular weight excluding hydrogens is 320 g/mol. The van der Waals surface area contributed by atoms with Crippen LogP contribution < -0.4 is 0 Å². The molecule has 2 heteroatoms. The summed E-state index contributed by atoms with van der Waals surface area (Å²) in [4.78, 5) is 13.2. The van der Waals surface area contributed by atoms with Crippen LogP contribution in [0.4, 0.5) is 0 Å². The second kappa shape index (κ2) is 6.25. The van der Waals surface area contributed by atoms with Gasteiger partial charge in [-0.25, -0.2) is 0 Å². The van der Waals surface area contributed by atoms with Crippen molar-refractivity contribution in [3.05, 3.63) is 47.0 Å². The van der Waals surface area contributed by atoms with E-state index in [4.69, 9.17) is 4.74 Å². The van der Waals surface area contributed by atoms with E-state index in [1.54, 1.807) is 11.1 Å². The van der Waals surface area contributed by atoms with Crippen molar-refractivity contribution in [2.24, 2.45) is 23.7 Å². The highest BCUT2D eigenvalue weighted by Crippen LogP contribution is 2.62. The Balaban J connectivity index is 1.68. The van der Waals surface area contributed by atoms with Crippen molar-refractivity contribution in [2.75, 3.05) is 0 Å². The van der Waals surface area contributed by atoms with Crippen molar-refractivity contribution in [1.29, 1.82) is 0 Å². The van der Waals surface area contributed by atoms with Crippen molar-refractivity contribution in [1.82, 2.24) is 0 Å². The fourth-order valence-electron chi connectivity index (χ4n) is 6.89. The maximum Gasteiger partial charge on any atom is 0.310 e. The minimum Gasteiger partial charge on any atom is -0.454 e. The molecule has 3 aliphatic carbocycles. The Labute approximate surface area is 157 Å². The van der Waals surface area contributed by atoms with Crippen LogP contribution in [0.25, 0.3) is 0 Å². The van der Waals surface area contributed by atoms with Gasteiger partial charge in [-0.3, -0.25) is 4.79 Å². The van der Waals surface area contributed by atoms with Crippen molar-refractivity contribution in [3.8, 4) is 0 Å². The molecule has 1 aromatic rings. The molecule has 1 aromatic carbocycles. The van der Waals surface area contributed by atoms with Gasteiger partial charge in [0.05, 0.1) is 5.92 Å². The van der Waals surface area contributed by atoms with E-state index in [2.05, 4.69) is 37.3 Å². The molecule has 0 spiro atoms. The molecule has 4 aliphatic rings. The highest BCUT2D eigenvalue weighted by atomic mass is 16.6. The first-order chi connectivity index (χ1) is 12.8. The van der Waals surface area contributed by atoms with Crippen LogP contribution in [0.15, 0.2) is 41.5 Å². The maximum absolute atomic E-state index is 13.2. The number of carbonyl (C=O) groups excluding carboxylic acids is 1. The van der Waals surface area contributed by atoms with Crippen molar-refractivity contribution >= 4 is 5.97 Å². The topological polar surface area (TPSA) is 26.3 Å². The quantitative estimate of drug-likeness (QED) is 0.500. The molecule has 138 valence electrons. The predicted octanol–water partition coefficient (Wildman–Crippen LogP) is 5.77. The van der Waals surface area contributed by atoms with Crippen molar-refractivity contribution < 1.29 is 9.53 Å². The Morgan fingerprint density at radius 3 is 2.31 bits per heavy atom. The highest BCUT2D eigenvalue weighted by molar-refractivity contribution is 5.78. The molecule has 1 aliphatic heterocycles. The van der Waals surface area contributed by atoms with Crippen molar-refractivity contribution in [2.45, 2.75) is 70.3 Å². The zero-order chi connectivity index (χ0) is 17.7. The summed E-state index contributed by atoms with van der Waals surface area (Å²) in [6.45, 7) is 2.21. The fraction of sp³-hybridized carbons (Fsp3) is 0.625. The molecule has 0 radical (unpaired) electrons. The van der Waals surface area contributed by atoms with Gasteiger partial charge in [0, 0.05) is 5.92 Å². The van der Waals surface area contributed by atoms with Crippen LogP contribution in [0, 0.1) is 23.7 Å². The second-order valence-electron chi connectivity index (χ2n) is 8.84. The lowest BCUT2D eigenvalue weighted by atomic mass is 9.53. The van der Waals surface area contributed by atoms with E-state index >= 15 is 0 Å². The molecule has 0 amide bonds. The van der Waals surface area contributed by atoms with Crippen LogP contribution in [-0.2, 0) is 15.1 Å². The standard InChI is InChI=1S/C24H30O2/c1-2-24(16-10-4-3-5-11-16)22-20-15-9-7-13-18(20)17-12-6-8-14-19(17)21(22)23(25)26-24/h3-5,10-11,19-22H,2,6-9,12-15H2,1H3/t19-,20+,21-,22-,24+/m0/s1. The summed E-state index contributed by atoms with van der Waals surface area (Å²) >= 11 is 0. The number of benzene rings is 1. The minimum atomic E-state index is -0.417. The Morgan fingerprint density at radius 2 is 1.62 bits per heavy atom. The monoisotopic (exact) mass is 350 g/mol. The van der Waals surface area contributed by atoms with Crippen LogP contribution in [0.5, 0.6) is 0 Å². The molecule has 0 N–H and O–H groups in total. The second-order valence-corrected chi connectivity index (χ2v) is 8.84. The minimum absolute atomic E-state index is 0.0923. The lowest BCUT2D eigenvalue weighted by molar-refractivity contribution is -0.153. The van der Waals surface area contributed by atoms with Crippen LogP contribution in [0.3, 0.4) is 0 Å². The SMILES string of the molecule is CC[C@]1(c2ccccc2)OC(=O)[C@@H]2[C@@H]1[C@@H]1CCCCC1=C1CCCC[C@@H]12. The zero-order valence-corrected chi connectivity index (χ0v) is 15.9. The normalized spacial score (nSPS) is 39.0. The molecule has 0 unspecified atom stereocenters. The summed E-state index contributed by atoms with van der Waals surface area (Å²) in [5, 5.41) is 0. The van der Waals surface area contributed by atoms with Crippen LogP contribution in [-0.4, -0.2) is 5.97 Å². The van der Waals surface area contributed by atoms with E-state index < -0.39 is 5.60 Å². The molecule has 5 atom stereocenters. The lowest BCUT2D eigenvalue weighted by Gasteiger charge is -2.49. The van der Waals surface area contributed by atoms with Crippen LogP contribution in [0.1, 0.15) is 70.3 Å². The van der Waals surface area contributed by atoms with Gasteiger partial charge in [-0.15, -0.1) is 0 Å². The van der Waals surface area contributed by atoms with Gasteiger partial charge in [0.15, 0.2) is 0 Å². The Kier molecular flexibility index (Phi) is 3.99. The summed E-state index contributed by atoms with van der Waals surface area (Å²) < 4.78 is 6.36. The van der Waals surface area contributed by atoms with Crippen LogP contribution in [0.2, 0.25) is 0 Å². The summed E-state index contributed by atoms with van der Waals surface area (Å²) in [5.41, 5.74) is 4.22. The van der Waals surface area contributed by atoms with E-state index in [0.717, 1.165) is 6.42 Å². The van der Waals surface area contributed by atoms with Gasteiger partial charge in [0.25, 0.3) is 0 Å². The Morgan fingerprint density at radius 1 is 0.962 bits per heavy atom. The fourth-order valence-corrected chi connectivity index (χ4v) is 6.89. The molecule has 0 aromatic heterocycles. The van der Waals surface area contributed by atoms with Crippen LogP contribution >= 0.6 is 0 Å². The number of esters is 1. The number of cyclic esters (lactones) is 1. The Bertz CT molecular complexity index is 734. The van der Waals surface area contributed by atoms with E-state index in [1.807, 2.05) is 0 Å². The molecule has 5 rings (SSSR count). The molecule has 1 heterocycles. The number of ether oxygens (including phenoxy) is 1. The molecule has 0 bridgehead atoms. The average Bonchev–Trinajstić information content (AvgIpc) is 3.03. The van der Waals surface area contributed by atoms with Gasteiger partial charge in [-0.05, 0) is 62.3 Å².